The fraction of sp³-hybridized carbons (Fsp3) is 0.261. The van der Waals surface area contributed by atoms with Gasteiger partial charge in [-0.1, -0.05) is 12.1 Å². The summed E-state index contributed by atoms with van der Waals surface area (Å²) in [5.41, 5.74) is 8.76. The number of carbonyl (C=O) groups excluding carboxylic acids is 1. The zero-order chi connectivity index (χ0) is 21.7. The number of hydrogen-bond donors (Lipinski definition) is 2. The number of hydrazine groups is 2. The first-order chi connectivity index (χ1) is 15.6. The topological polar surface area (TPSA) is 82.2 Å². The summed E-state index contributed by atoms with van der Waals surface area (Å²) in [6.07, 6.45) is 14.2. The number of fused-ring (bicyclic) bond motifs is 2. The van der Waals surface area contributed by atoms with Crippen LogP contribution in [0.1, 0.15) is 35.6 Å². The van der Waals surface area contributed by atoms with Crippen molar-refractivity contribution in [3.8, 4) is 0 Å². The van der Waals surface area contributed by atoms with E-state index in [2.05, 4.69) is 44.7 Å². The second kappa shape index (κ2) is 7.38. The van der Waals surface area contributed by atoms with E-state index in [1.165, 1.54) is 18.4 Å². The Hall–Kier alpha value is -3.85. The average Bonchev–Trinajstić information content (AvgIpc) is 3.23. The molecule has 0 bridgehead atoms. The van der Waals surface area contributed by atoms with E-state index >= 15 is 0 Å². The number of aromatic nitrogens is 4. The average molecular weight is 429 g/mol. The van der Waals surface area contributed by atoms with Gasteiger partial charge in [0.15, 0.2) is 0 Å². The van der Waals surface area contributed by atoms with Gasteiger partial charge in [-0.3, -0.25) is 15.2 Å². The van der Waals surface area contributed by atoms with Gasteiger partial charge in [-0.15, -0.1) is 5.12 Å². The van der Waals surface area contributed by atoms with Crippen LogP contribution < -0.4 is 10.7 Å². The monoisotopic (exact) mass is 428 g/mol. The van der Waals surface area contributed by atoms with E-state index < -0.39 is 0 Å². The Bertz CT molecular complexity index is 1350. The molecular weight excluding hydrogens is 404 g/mol. The summed E-state index contributed by atoms with van der Waals surface area (Å²) in [4.78, 5) is 21.7. The van der Waals surface area contributed by atoms with E-state index in [0.717, 1.165) is 22.6 Å². The van der Waals surface area contributed by atoms with Gasteiger partial charge in [-0.25, -0.2) is 9.97 Å². The van der Waals surface area contributed by atoms with E-state index in [-0.39, 0.29) is 5.91 Å². The Morgan fingerprint density at radius 2 is 2.00 bits per heavy atom. The lowest BCUT2D eigenvalue weighted by Crippen LogP contribution is -2.40. The minimum atomic E-state index is -0.158. The van der Waals surface area contributed by atoms with E-state index in [0.29, 0.717) is 24.7 Å². The van der Waals surface area contributed by atoms with Crippen LogP contribution in [0.4, 0.5) is 0 Å². The van der Waals surface area contributed by atoms with Crippen LogP contribution in [0.15, 0.2) is 67.1 Å². The summed E-state index contributed by atoms with van der Waals surface area (Å²) in [7, 11) is 1.88. The third-order valence-corrected chi connectivity index (χ3v) is 5.99. The van der Waals surface area contributed by atoms with Crippen molar-refractivity contribution in [3.63, 3.8) is 0 Å². The zero-order valence-electron chi connectivity index (χ0n) is 17.8. The molecule has 4 aromatic rings. The smallest absolute Gasteiger partial charge is 0.270 e. The first kappa shape index (κ1) is 18.9. The highest BCUT2D eigenvalue weighted by molar-refractivity contribution is 5.92. The molecule has 1 aliphatic heterocycles. The van der Waals surface area contributed by atoms with Crippen molar-refractivity contribution in [2.24, 2.45) is 0 Å². The molecule has 4 aromatic heterocycles. The molecule has 6 rings (SSSR count). The summed E-state index contributed by atoms with van der Waals surface area (Å²) < 4.78 is 4.04. The van der Waals surface area contributed by atoms with E-state index in [4.69, 9.17) is 4.98 Å². The lowest BCUT2D eigenvalue weighted by Gasteiger charge is -2.23. The summed E-state index contributed by atoms with van der Waals surface area (Å²) >= 11 is 0. The van der Waals surface area contributed by atoms with Crippen molar-refractivity contribution in [2.45, 2.75) is 31.8 Å². The van der Waals surface area contributed by atoms with Crippen molar-refractivity contribution in [1.82, 2.24) is 39.6 Å². The largest absolute Gasteiger partial charge is 0.347 e. The Kier molecular flexibility index (Phi) is 4.36. The SMILES string of the molecule is CN1NC(C(=O)NCc2ccc3nccn3c2)=CN1Cc1cn2cc(C3CC3)ccc2n1. The third-order valence-electron chi connectivity index (χ3n) is 5.99. The molecule has 1 amide bonds. The fourth-order valence-electron chi connectivity index (χ4n) is 4.07. The van der Waals surface area contributed by atoms with E-state index in [9.17, 15) is 4.79 Å². The van der Waals surface area contributed by atoms with E-state index in [1.54, 1.807) is 11.3 Å². The van der Waals surface area contributed by atoms with Crippen LogP contribution in [-0.4, -0.2) is 41.9 Å². The number of rotatable bonds is 6. The molecule has 162 valence electrons. The molecule has 0 radical (unpaired) electrons. The maximum atomic E-state index is 12.7. The number of hydrogen-bond acceptors (Lipinski definition) is 6. The molecule has 2 aliphatic rings. The molecule has 32 heavy (non-hydrogen) atoms. The van der Waals surface area contributed by atoms with Crippen LogP contribution >= 0.6 is 0 Å². The van der Waals surface area contributed by atoms with E-state index in [1.807, 2.05) is 47.2 Å². The predicted molar refractivity (Wildman–Crippen MR) is 119 cm³/mol. The van der Waals surface area contributed by atoms with Gasteiger partial charge in [0.1, 0.15) is 17.0 Å². The highest BCUT2D eigenvalue weighted by Gasteiger charge is 2.25. The molecule has 1 saturated carbocycles. The second-order valence-electron chi connectivity index (χ2n) is 8.42. The van der Waals surface area contributed by atoms with Gasteiger partial charge in [-0.05, 0) is 42.0 Å². The number of imidazole rings is 2. The maximum absolute atomic E-state index is 12.7. The fourth-order valence-corrected chi connectivity index (χ4v) is 4.07. The Morgan fingerprint density at radius 1 is 1.12 bits per heavy atom. The lowest BCUT2D eigenvalue weighted by atomic mass is 10.2. The molecule has 9 heteroatoms. The van der Waals surface area contributed by atoms with Gasteiger partial charge in [0.2, 0.25) is 0 Å². The number of amides is 1. The summed E-state index contributed by atoms with van der Waals surface area (Å²) in [6, 6.07) is 8.17. The van der Waals surface area contributed by atoms with Crippen molar-refractivity contribution in [1.29, 1.82) is 0 Å². The standard InChI is InChI=1S/C23H24N8O/c1-28-27-20(23(32)25-10-16-2-6-21-24-8-9-29(21)11-16)15-31(28)14-19-13-30-12-18(17-3-4-17)5-7-22(30)26-19/h2,5-9,11-13,15,17,27H,3-4,10,14H2,1H3,(H,25,32). The molecule has 0 unspecified atom stereocenters. The summed E-state index contributed by atoms with van der Waals surface area (Å²) in [5.74, 6) is 0.555. The van der Waals surface area contributed by atoms with Gasteiger partial charge in [0, 0.05) is 50.8 Å². The van der Waals surface area contributed by atoms with Crippen LogP contribution in [0.2, 0.25) is 0 Å². The van der Waals surface area contributed by atoms with Gasteiger partial charge in [-0.2, -0.15) is 0 Å². The van der Waals surface area contributed by atoms with Crippen molar-refractivity contribution in [2.75, 3.05) is 7.05 Å². The molecule has 0 atom stereocenters. The van der Waals surface area contributed by atoms with Gasteiger partial charge in [0.05, 0.1) is 12.2 Å². The van der Waals surface area contributed by atoms with Crippen LogP contribution in [0, 0.1) is 0 Å². The first-order valence-electron chi connectivity index (χ1n) is 10.8. The molecule has 2 N–H and O–H groups in total. The Balaban J connectivity index is 1.12. The lowest BCUT2D eigenvalue weighted by molar-refractivity contribution is -0.118. The quantitative estimate of drug-likeness (QED) is 0.490. The minimum Gasteiger partial charge on any atom is -0.347 e. The number of carbonyl (C=O) groups is 1. The van der Waals surface area contributed by atoms with Crippen molar-refractivity contribution in [3.05, 3.63) is 84.0 Å². The molecule has 0 saturated heterocycles. The first-order valence-corrected chi connectivity index (χ1v) is 10.8. The van der Waals surface area contributed by atoms with Crippen molar-refractivity contribution < 1.29 is 4.79 Å². The van der Waals surface area contributed by atoms with Crippen LogP contribution in [-0.2, 0) is 17.9 Å². The highest BCUT2D eigenvalue weighted by Crippen LogP contribution is 2.39. The van der Waals surface area contributed by atoms with Crippen LogP contribution in [0.25, 0.3) is 11.3 Å². The number of pyridine rings is 2. The predicted octanol–water partition coefficient (Wildman–Crippen LogP) is 2.18. The van der Waals surface area contributed by atoms with Gasteiger partial charge >= 0.3 is 0 Å². The highest BCUT2D eigenvalue weighted by atomic mass is 16.2. The third kappa shape index (κ3) is 3.56. The maximum Gasteiger partial charge on any atom is 0.270 e. The number of nitrogens with one attached hydrogen (secondary N) is 2. The molecule has 5 heterocycles. The molecule has 1 aliphatic carbocycles. The molecule has 1 fully saturated rings. The molecule has 0 aromatic carbocycles. The Morgan fingerprint density at radius 3 is 2.88 bits per heavy atom. The molecule has 9 nitrogen and oxygen atoms in total. The van der Waals surface area contributed by atoms with Crippen LogP contribution in [0.5, 0.6) is 0 Å². The number of nitrogens with zero attached hydrogens (tertiary/aromatic N) is 6. The zero-order valence-corrected chi connectivity index (χ0v) is 17.8. The van der Waals surface area contributed by atoms with Crippen LogP contribution in [0.3, 0.4) is 0 Å². The Labute approximate surface area is 184 Å². The van der Waals surface area contributed by atoms with Gasteiger partial charge in [0.25, 0.3) is 5.91 Å². The van der Waals surface area contributed by atoms with Crippen molar-refractivity contribution >= 4 is 17.2 Å². The molecule has 0 spiro atoms. The summed E-state index contributed by atoms with van der Waals surface area (Å²) in [6.45, 7) is 1.00. The summed E-state index contributed by atoms with van der Waals surface area (Å²) in [5, 5.41) is 6.71. The molecular formula is C23H24N8O. The van der Waals surface area contributed by atoms with Gasteiger partial charge < -0.3 is 14.1 Å². The second-order valence-corrected chi connectivity index (χ2v) is 8.42. The normalized spacial score (nSPS) is 16.5. The minimum absolute atomic E-state index is 0.158.